The number of methoxy groups -OCH3 is 1. The fourth-order valence-electron chi connectivity index (χ4n) is 2.84. The Morgan fingerprint density at radius 3 is 2.60 bits per heavy atom. The number of benzene rings is 1. The Labute approximate surface area is 166 Å². The summed E-state index contributed by atoms with van der Waals surface area (Å²) in [5, 5.41) is 6.81. The summed E-state index contributed by atoms with van der Waals surface area (Å²) >= 11 is 0. The topological polar surface area (TPSA) is 58.5 Å². The van der Waals surface area contributed by atoms with E-state index < -0.39 is 0 Å². The lowest BCUT2D eigenvalue weighted by molar-refractivity contribution is 0.397. The Balaban J connectivity index is 0.00000225. The van der Waals surface area contributed by atoms with Crippen LogP contribution in [0.2, 0.25) is 0 Å². The molecule has 0 spiro atoms. The summed E-state index contributed by atoms with van der Waals surface area (Å²) in [4.78, 5) is 8.44. The molecule has 1 aromatic heterocycles. The number of nitrogens with zero attached hydrogens (tertiary/aromatic N) is 2. The summed E-state index contributed by atoms with van der Waals surface area (Å²) in [6, 6.07) is 14.6. The van der Waals surface area contributed by atoms with Crippen molar-refractivity contribution in [2.45, 2.75) is 24.8 Å². The second-order valence-electron chi connectivity index (χ2n) is 6.13. The van der Waals surface area contributed by atoms with Crippen LogP contribution in [-0.4, -0.2) is 31.6 Å². The lowest BCUT2D eigenvalue weighted by Gasteiger charge is -2.19. The molecular weight excluding hydrogens is 427 g/mol. The van der Waals surface area contributed by atoms with Crippen molar-refractivity contribution >= 4 is 29.9 Å². The molecule has 0 radical (unpaired) electrons. The van der Waals surface area contributed by atoms with Crippen molar-refractivity contribution in [3.8, 4) is 5.88 Å². The van der Waals surface area contributed by atoms with Gasteiger partial charge >= 0.3 is 0 Å². The van der Waals surface area contributed by atoms with Gasteiger partial charge in [-0.15, -0.1) is 24.0 Å². The van der Waals surface area contributed by atoms with Crippen LogP contribution in [0.4, 0.5) is 0 Å². The monoisotopic (exact) mass is 452 g/mol. The van der Waals surface area contributed by atoms with Gasteiger partial charge in [0.2, 0.25) is 5.88 Å². The van der Waals surface area contributed by atoms with Gasteiger partial charge in [0.15, 0.2) is 5.96 Å². The standard InChI is InChI=1S/C19H24N4O.HI/c1-20-18(22-13-15-8-11-21-17(12-15)24-2)23-14-19(9-10-19)16-6-4-3-5-7-16;/h3-8,11-12H,9-10,13-14H2,1-2H3,(H2,20,22,23);1H. The highest BCUT2D eigenvalue weighted by Gasteiger charge is 2.43. The smallest absolute Gasteiger partial charge is 0.213 e. The van der Waals surface area contributed by atoms with E-state index in [1.165, 1.54) is 18.4 Å². The fourth-order valence-corrected chi connectivity index (χ4v) is 2.84. The minimum Gasteiger partial charge on any atom is -0.481 e. The molecule has 1 saturated carbocycles. The van der Waals surface area contributed by atoms with E-state index in [9.17, 15) is 0 Å². The van der Waals surface area contributed by atoms with E-state index >= 15 is 0 Å². The number of aliphatic imine (C=N–C) groups is 1. The molecule has 6 heteroatoms. The summed E-state index contributed by atoms with van der Waals surface area (Å²) in [7, 11) is 3.42. The molecule has 1 aliphatic rings. The molecule has 1 aliphatic carbocycles. The third kappa shape index (κ3) is 5.07. The molecule has 2 aromatic rings. The van der Waals surface area contributed by atoms with Crippen LogP contribution in [0.25, 0.3) is 0 Å². The highest BCUT2D eigenvalue weighted by molar-refractivity contribution is 14.0. The largest absolute Gasteiger partial charge is 0.481 e. The van der Waals surface area contributed by atoms with Crippen LogP contribution in [0.1, 0.15) is 24.0 Å². The summed E-state index contributed by atoms with van der Waals surface area (Å²) in [6.07, 6.45) is 4.20. The second kappa shape index (κ2) is 9.03. The van der Waals surface area contributed by atoms with Crippen LogP contribution >= 0.6 is 24.0 Å². The summed E-state index contributed by atoms with van der Waals surface area (Å²) in [5.41, 5.74) is 2.78. The SMILES string of the molecule is CN=C(NCc1ccnc(OC)c1)NCC1(c2ccccc2)CC1.I. The van der Waals surface area contributed by atoms with Gasteiger partial charge in [-0.1, -0.05) is 30.3 Å². The first kappa shape index (κ1) is 19.5. The van der Waals surface area contributed by atoms with E-state index in [-0.39, 0.29) is 29.4 Å². The molecular formula is C19H25IN4O. The Kier molecular flexibility index (Phi) is 7.04. The maximum absolute atomic E-state index is 5.15. The number of pyridine rings is 1. The molecule has 0 aliphatic heterocycles. The molecule has 1 fully saturated rings. The van der Waals surface area contributed by atoms with Crippen molar-refractivity contribution in [3.63, 3.8) is 0 Å². The molecule has 2 N–H and O–H groups in total. The van der Waals surface area contributed by atoms with E-state index in [0.29, 0.717) is 12.4 Å². The maximum Gasteiger partial charge on any atom is 0.213 e. The Morgan fingerprint density at radius 2 is 1.96 bits per heavy atom. The molecule has 134 valence electrons. The van der Waals surface area contributed by atoms with Crippen LogP contribution in [0.5, 0.6) is 5.88 Å². The number of halogens is 1. The predicted molar refractivity (Wildman–Crippen MR) is 112 cm³/mol. The van der Waals surface area contributed by atoms with Crippen LogP contribution in [0.15, 0.2) is 53.7 Å². The van der Waals surface area contributed by atoms with Gasteiger partial charge in [0.25, 0.3) is 0 Å². The van der Waals surface area contributed by atoms with Crippen molar-refractivity contribution in [2.75, 3.05) is 20.7 Å². The van der Waals surface area contributed by atoms with Crippen LogP contribution < -0.4 is 15.4 Å². The highest BCUT2D eigenvalue weighted by atomic mass is 127. The Hall–Kier alpha value is -1.83. The molecule has 0 bridgehead atoms. The normalized spacial score (nSPS) is 15.0. The van der Waals surface area contributed by atoms with Gasteiger partial charge in [-0.2, -0.15) is 0 Å². The third-order valence-electron chi connectivity index (χ3n) is 4.53. The van der Waals surface area contributed by atoms with Crippen molar-refractivity contribution in [2.24, 2.45) is 4.99 Å². The number of rotatable bonds is 6. The van der Waals surface area contributed by atoms with E-state index in [4.69, 9.17) is 4.74 Å². The van der Waals surface area contributed by atoms with E-state index in [2.05, 4.69) is 50.9 Å². The van der Waals surface area contributed by atoms with Gasteiger partial charge in [-0.05, 0) is 30.0 Å². The van der Waals surface area contributed by atoms with Gasteiger partial charge in [-0.25, -0.2) is 4.98 Å². The predicted octanol–water partition coefficient (Wildman–Crippen LogP) is 3.11. The molecule has 0 amide bonds. The lowest BCUT2D eigenvalue weighted by atomic mass is 9.96. The third-order valence-corrected chi connectivity index (χ3v) is 4.53. The zero-order chi connectivity index (χ0) is 16.8. The quantitative estimate of drug-likeness (QED) is 0.402. The molecule has 0 saturated heterocycles. The molecule has 0 unspecified atom stereocenters. The second-order valence-corrected chi connectivity index (χ2v) is 6.13. The van der Waals surface area contributed by atoms with Crippen molar-refractivity contribution < 1.29 is 4.74 Å². The summed E-state index contributed by atoms with van der Waals surface area (Å²) in [5.74, 6) is 1.44. The number of ether oxygens (including phenoxy) is 1. The average molecular weight is 452 g/mol. The molecule has 1 heterocycles. The number of guanidine groups is 1. The van der Waals surface area contributed by atoms with Gasteiger partial charge in [0.05, 0.1) is 7.11 Å². The first-order valence-electron chi connectivity index (χ1n) is 8.25. The van der Waals surface area contributed by atoms with Crippen molar-refractivity contribution in [1.29, 1.82) is 0 Å². The van der Waals surface area contributed by atoms with Gasteiger partial charge in [0, 0.05) is 37.8 Å². The number of aromatic nitrogens is 1. The van der Waals surface area contributed by atoms with Gasteiger partial charge < -0.3 is 15.4 Å². The summed E-state index contributed by atoms with van der Waals surface area (Å²) in [6.45, 7) is 1.58. The van der Waals surface area contributed by atoms with Crippen LogP contribution in [0, 0.1) is 0 Å². The maximum atomic E-state index is 5.15. The van der Waals surface area contributed by atoms with Gasteiger partial charge in [0.1, 0.15) is 0 Å². The molecule has 5 nitrogen and oxygen atoms in total. The average Bonchev–Trinajstić information content (AvgIpc) is 3.44. The van der Waals surface area contributed by atoms with Crippen molar-refractivity contribution in [1.82, 2.24) is 15.6 Å². The Bertz CT molecular complexity index is 702. The van der Waals surface area contributed by atoms with Crippen molar-refractivity contribution in [3.05, 3.63) is 59.8 Å². The molecule has 1 aromatic carbocycles. The van der Waals surface area contributed by atoms with E-state index in [1.54, 1.807) is 20.4 Å². The Morgan fingerprint density at radius 1 is 1.20 bits per heavy atom. The zero-order valence-corrected chi connectivity index (χ0v) is 17.0. The highest BCUT2D eigenvalue weighted by Crippen LogP contribution is 2.47. The number of hydrogen-bond donors (Lipinski definition) is 2. The fraction of sp³-hybridized carbons (Fsp3) is 0.368. The molecule has 25 heavy (non-hydrogen) atoms. The van der Waals surface area contributed by atoms with Crippen LogP contribution in [0.3, 0.4) is 0 Å². The molecule has 3 rings (SSSR count). The minimum atomic E-state index is 0. The minimum absolute atomic E-state index is 0. The zero-order valence-electron chi connectivity index (χ0n) is 14.7. The van der Waals surface area contributed by atoms with Gasteiger partial charge in [-0.3, -0.25) is 4.99 Å². The molecule has 0 atom stereocenters. The summed E-state index contributed by atoms with van der Waals surface area (Å²) < 4.78 is 5.15. The first-order valence-corrected chi connectivity index (χ1v) is 8.25. The number of nitrogens with one attached hydrogen (secondary N) is 2. The lowest BCUT2D eigenvalue weighted by Crippen LogP contribution is -2.40. The van der Waals surface area contributed by atoms with E-state index in [0.717, 1.165) is 18.1 Å². The first-order chi connectivity index (χ1) is 11.8. The van der Waals surface area contributed by atoms with E-state index in [1.807, 2.05) is 12.1 Å². The van der Waals surface area contributed by atoms with Crippen LogP contribution in [-0.2, 0) is 12.0 Å². The number of hydrogen-bond acceptors (Lipinski definition) is 3.